The van der Waals surface area contributed by atoms with Crippen LogP contribution < -0.4 is 15.4 Å². The van der Waals surface area contributed by atoms with E-state index in [1.165, 1.54) is 25.7 Å². The fourth-order valence-electron chi connectivity index (χ4n) is 3.51. The average Bonchev–Trinajstić information content (AvgIpc) is 3.09. The number of benzene rings is 1. The predicted octanol–water partition coefficient (Wildman–Crippen LogP) is 4.34. The van der Waals surface area contributed by atoms with Crippen molar-refractivity contribution in [3.05, 3.63) is 28.2 Å². The number of aliphatic imine (C=N–C) groups is 1. The summed E-state index contributed by atoms with van der Waals surface area (Å²) in [5, 5.41) is 6.91. The van der Waals surface area contributed by atoms with Gasteiger partial charge in [0.25, 0.3) is 0 Å². The quantitative estimate of drug-likeness (QED) is 0.293. The average molecular weight is 540 g/mol. The van der Waals surface area contributed by atoms with Crippen LogP contribution in [0, 0.1) is 5.41 Å². The molecule has 0 unspecified atom stereocenters. The number of methoxy groups -OCH3 is 2. The molecule has 1 aromatic rings. The number of nitrogens with zero attached hydrogens (tertiary/aromatic N) is 1. The molecule has 0 aromatic heterocycles. The van der Waals surface area contributed by atoms with Gasteiger partial charge in [-0.25, -0.2) is 0 Å². The summed E-state index contributed by atoms with van der Waals surface area (Å²) in [6.07, 6.45) is 6.26. The van der Waals surface area contributed by atoms with E-state index in [0.29, 0.717) is 12.0 Å². The molecule has 0 spiro atoms. The second kappa shape index (κ2) is 12.0. The molecule has 2 rings (SSSR count). The Morgan fingerprint density at radius 1 is 1.23 bits per heavy atom. The highest BCUT2D eigenvalue weighted by Gasteiger charge is 2.33. The predicted molar refractivity (Wildman–Crippen MR) is 122 cm³/mol. The molecule has 26 heavy (non-hydrogen) atoms. The summed E-state index contributed by atoms with van der Waals surface area (Å²) in [5.41, 5.74) is 1.43. The Bertz CT molecular complexity index is 578. The number of hydrogen-bond acceptors (Lipinski definition) is 3. The molecule has 2 N–H and O–H groups in total. The summed E-state index contributed by atoms with van der Waals surface area (Å²) >= 11 is 3.52. The lowest BCUT2D eigenvalue weighted by atomic mass is 9.83. The van der Waals surface area contributed by atoms with Gasteiger partial charge in [0.15, 0.2) is 5.96 Å². The first kappa shape index (κ1) is 23.5. The zero-order chi connectivity index (χ0) is 18.1. The molecule has 7 heteroatoms. The minimum atomic E-state index is 0. The van der Waals surface area contributed by atoms with Crippen molar-refractivity contribution in [2.24, 2.45) is 10.4 Å². The molecule has 5 nitrogen and oxygen atoms in total. The Morgan fingerprint density at radius 3 is 2.58 bits per heavy atom. The third-order valence-corrected chi connectivity index (χ3v) is 5.54. The minimum Gasteiger partial charge on any atom is -0.496 e. The Balaban J connectivity index is 0.00000338. The van der Waals surface area contributed by atoms with Crippen molar-refractivity contribution >= 4 is 45.9 Å². The maximum Gasteiger partial charge on any atom is 0.191 e. The first-order chi connectivity index (χ1) is 12.1. The van der Waals surface area contributed by atoms with E-state index < -0.39 is 0 Å². The van der Waals surface area contributed by atoms with Crippen LogP contribution in [0.3, 0.4) is 0 Å². The molecular formula is C19H31BrIN3O2. The van der Waals surface area contributed by atoms with E-state index in [1.54, 1.807) is 14.2 Å². The van der Waals surface area contributed by atoms with Crippen LogP contribution in [-0.2, 0) is 11.3 Å². The van der Waals surface area contributed by atoms with Crippen molar-refractivity contribution in [2.75, 3.05) is 34.4 Å². The van der Waals surface area contributed by atoms with Gasteiger partial charge in [0.05, 0.1) is 7.11 Å². The lowest BCUT2D eigenvalue weighted by molar-refractivity contribution is 0.138. The molecule has 0 radical (unpaired) electrons. The van der Waals surface area contributed by atoms with E-state index >= 15 is 0 Å². The van der Waals surface area contributed by atoms with Gasteiger partial charge in [-0.2, -0.15) is 0 Å². The van der Waals surface area contributed by atoms with Crippen molar-refractivity contribution in [2.45, 2.75) is 38.6 Å². The van der Waals surface area contributed by atoms with Gasteiger partial charge < -0.3 is 20.1 Å². The van der Waals surface area contributed by atoms with Crippen LogP contribution in [-0.4, -0.2) is 40.4 Å². The highest BCUT2D eigenvalue weighted by Crippen LogP contribution is 2.40. The fraction of sp³-hybridized carbons (Fsp3) is 0.632. The molecule has 0 saturated heterocycles. The summed E-state index contributed by atoms with van der Waals surface area (Å²) in [7, 11) is 5.28. The van der Waals surface area contributed by atoms with Gasteiger partial charge in [0.1, 0.15) is 5.75 Å². The van der Waals surface area contributed by atoms with Gasteiger partial charge in [-0.15, -0.1) is 24.0 Å². The Morgan fingerprint density at radius 2 is 1.96 bits per heavy atom. The Hall–Kier alpha value is -0.540. The van der Waals surface area contributed by atoms with Crippen LogP contribution >= 0.6 is 39.9 Å². The molecule has 0 heterocycles. The number of guanidine groups is 1. The summed E-state index contributed by atoms with van der Waals surface area (Å²) in [6.45, 7) is 2.42. The third-order valence-electron chi connectivity index (χ3n) is 5.04. The molecule has 0 atom stereocenters. The summed E-state index contributed by atoms with van der Waals surface area (Å²) in [6, 6.07) is 6.01. The maximum absolute atomic E-state index is 5.43. The molecule has 1 aliphatic carbocycles. The van der Waals surface area contributed by atoms with Crippen LogP contribution in [0.15, 0.2) is 27.7 Å². The van der Waals surface area contributed by atoms with Crippen molar-refractivity contribution in [1.82, 2.24) is 10.6 Å². The smallest absolute Gasteiger partial charge is 0.191 e. The van der Waals surface area contributed by atoms with Crippen molar-refractivity contribution < 1.29 is 9.47 Å². The number of nitrogens with one attached hydrogen (secondary N) is 2. The van der Waals surface area contributed by atoms with Gasteiger partial charge >= 0.3 is 0 Å². The lowest BCUT2D eigenvalue weighted by Gasteiger charge is -2.30. The topological polar surface area (TPSA) is 54.9 Å². The van der Waals surface area contributed by atoms with Crippen molar-refractivity contribution in [1.29, 1.82) is 0 Å². The molecule has 0 aliphatic heterocycles. The van der Waals surface area contributed by atoms with Crippen LogP contribution in [0.2, 0.25) is 0 Å². The Labute approximate surface area is 182 Å². The maximum atomic E-state index is 5.43. The van der Waals surface area contributed by atoms with Gasteiger partial charge in [-0.05, 0) is 42.9 Å². The van der Waals surface area contributed by atoms with Crippen molar-refractivity contribution in [3.8, 4) is 5.75 Å². The zero-order valence-electron chi connectivity index (χ0n) is 15.9. The lowest BCUT2D eigenvalue weighted by Crippen LogP contribution is -2.43. The number of ether oxygens (including phenoxy) is 2. The van der Waals surface area contributed by atoms with Crippen LogP contribution in [0.25, 0.3) is 0 Å². The minimum absolute atomic E-state index is 0. The van der Waals surface area contributed by atoms with Gasteiger partial charge in [0, 0.05) is 43.9 Å². The van der Waals surface area contributed by atoms with Gasteiger partial charge in [-0.1, -0.05) is 28.8 Å². The SMILES string of the molecule is CN=C(NCc1cc(Br)ccc1OC)NCC1(CCOC)CCCC1.I. The summed E-state index contributed by atoms with van der Waals surface area (Å²) < 4.78 is 11.8. The Kier molecular flexibility index (Phi) is 10.9. The molecule has 1 aromatic carbocycles. The summed E-state index contributed by atoms with van der Waals surface area (Å²) in [4.78, 5) is 4.36. The van der Waals surface area contributed by atoms with Gasteiger partial charge in [-0.3, -0.25) is 4.99 Å². The van der Waals surface area contributed by atoms with Crippen molar-refractivity contribution in [3.63, 3.8) is 0 Å². The van der Waals surface area contributed by atoms with Crippen LogP contribution in [0.1, 0.15) is 37.7 Å². The highest BCUT2D eigenvalue weighted by atomic mass is 127. The largest absolute Gasteiger partial charge is 0.496 e. The number of rotatable bonds is 8. The monoisotopic (exact) mass is 539 g/mol. The van der Waals surface area contributed by atoms with Gasteiger partial charge in [0.2, 0.25) is 0 Å². The number of halogens is 2. The van der Waals surface area contributed by atoms with E-state index in [-0.39, 0.29) is 24.0 Å². The highest BCUT2D eigenvalue weighted by molar-refractivity contribution is 14.0. The first-order valence-corrected chi connectivity index (χ1v) is 9.68. The zero-order valence-corrected chi connectivity index (χ0v) is 19.9. The van der Waals surface area contributed by atoms with E-state index in [1.807, 2.05) is 19.2 Å². The second-order valence-electron chi connectivity index (χ2n) is 6.69. The molecule has 0 amide bonds. The molecule has 0 bridgehead atoms. The molecule has 1 fully saturated rings. The van der Waals surface area contributed by atoms with Crippen LogP contribution in [0.4, 0.5) is 0 Å². The summed E-state index contributed by atoms with van der Waals surface area (Å²) in [5.74, 6) is 1.70. The van der Waals surface area contributed by atoms with E-state index in [0.717, 1.165) is 41.3 Å². The number of hydrogen-bond donors (Lipinski definition) is 2. The molecule has 1 saturated carbocycles. The second-order valence-corrected chi connectivity index (χ2v) is 7.60. The van der Waals surface area contributed by atoms with E-state index in [4.69, 9.17) is 9.47 Å². The standard InChI is InChI=1S/C19H30BrN3O2.HI/c1-21-18(22-13-15-12-16(20)6-7-17(15)25-3)23-14-19(10-11-24-2)8-4-5-9-19;/h6-7,12H,4-5,8-11,13-14H2,1-3H3,(H2,21,22,23);1H. The molecular weight excluding hydrogens is 509 g/mol. The van der Waals surface area contributed by atoms with E-state index in [2.05, 4.69) is 37.6 Å². The fourth-order valence-corrected chi connectivity index (χ4v) is 3.92. The van der Waals surface area contributed by atoms with Crippen LogP contribution in [0.5, 0.6) is 5.75 Å². The normalized spacial score (nSPS) is 16.1. The first-order valence-electron chi connectivity index (χ1n) is 8.88. The molecule has 148 valence electrons. The van der Waals surface area contributed by atoms with E-state index in [9.17, 15) is 0 Å². The third kappa shape index (κ3) is 6.88. The molecule has 1 aliphatic rings.